The second kappa shape index (κ2) is 7.38. The number of anilines is 1. The molecule has 1 N–H and O–H groups in total. The highest BCUT2D eigenvalue weighted by Crippen LogP contribution is 2.39. The number of hydrogen-bond donors (Lipinski definition) is 1. The molecule has 2 rings (SSSR count). The first kappa shape index (κ1) is 23.3. The maximum absolute atomic E-state index is 12.9. The standard InChI is InChI=1S/C15H7BrF9NO2S/c16-12-2-1-10(6-11(12)15(23,24)25)29(27,28)26-9-4-7(13(17,18)19)3-8(5-9)14(20,21)22/h1-6,26H. The van der Waals surface area contributed by atoms with Gasteiger partial charge in [-0.05, 0) is 36.4 Å². The summed E-state index contributed by atoms with van der Waals surface area (Å²) < 4.78 is 141. The molecule has 0 bridgehead atoms. The van der Waals surface area contributed by atoms with Gasteiger partial charge >= 0.3 is 18.5 Å². The van der Waals surface area contributed by atoms with E-state index in [1.165, 1.54) is 4.72 Å². The summed E-state index contributed by atoms with van der Waals surface area (Å²) in [5.74, 6) is 0. The van der Waals surface area contributed by atoms with Gasteiger partial charge in [0, 0.05) is 4.47 Å². The van der Waals surface area contributed by atoms with Crippen LogP contribution in [0.2, 0.25) is 0 Å². The maximum Gasteiger partial charge on any atom is 0.417 e. The van der Waals surface area contributed by atoms with Crippen LogP contribution in [0.15, 0.2) is 45.8 Å². The van der Waals surface area contributed by atoms with E-state index in [2.05, 4.69) is 15.9 Å². The molecule has 29 heavy (non-hydrogen) atoms. The van der Waals surface area contributed by atoms with Crippen LogP contribution < -0.4 is 4.72 Å². The Labute approximate surface area is 165 Å². The smallest absolute Gasteiger partial charge is 0.280 e. The van der Waals surface area contributed by atoms with Gasteiger partial charge in [-0.25, -0.2) is 8.42 Å². The molecule has 0 saturated heterocycles. The van der Waals surface area contributed by atoms with Crippen molar-refractivity contribution in [3.8, 4) is 0 Å². The molecule has 3 nitrogen and oxygen atoms in total. The van der Waals surface area contributed by atoms with Gasteiger partial charge < -0.3 is 0 Å². The molecule has 0 spiro atoms. The number of hydrogen-bond acceptors (Lipinski definition) is 2. The van der Waals surface area contributed by atoms with Gasteiger partial charge in [0.2, 0.25) is 0 Å². The molecule has 0 fully saturated rings. The van der Waals surface area contributed by atoms with Crippen LogP contribution in [0.25, 0.3) is 0 Å². The summed E-state index contributed by atoms with van der Waals surface area (Å²) in [5.41, 5.74) is -6.11. The molecule has 0 amide bonds. The van der Waals surface area contributed by atoms with Crippen LogP contribution in [-0.2, 0) is 28.6 Å². The fourth-order valence-electron chi connectivity index (χ4n) is 2.12. The zero-order chi connectivity index (χ0) is 22.4. The topological polar surface area (TPSA) is 46.2 Å². The summed E-state index contributed by atoms with van der Waals surface area (Å²) in [7, 11) is -4.94. The van der Waals surface area contributed by atoms with Gasteiger partial charge in [0.25, 0.3) is 10.0 Å². The summed E-state index contributed by atoms with van der Waals surface area (Å²) >= 11 is 2.58. The quantitative estimate of drug-likeness (QED) is 0.487. The third kappa shape index (κ3) is 5.56. The summed E-state index contributed by atoms with van der Waals surface area (Å²) in [5, 5.41) is 0. The van der Waals surface area contributed by atoms with Crippen molar-refractivity contribution in [3.63, 3.8) is 0 Å². The first-order valence-corrected chi connectivity index (χ1v) is 9.38. The van der Waals surface area contributed by atoms with Gasteiger partial charge in [-0.15, -0.1) is 0 Å². The minimum Gasteiger partial charge on any atom is -0.280 e. The Kier molecular flexibility index (Phi) is 5.93. The van der Waals surface area contributed by atoms with Crippen molar-refractivity contribution >= 4 is 31.6 Å². The van der Waals surface area contributed by atoms with Crippen LogP contribution in [0.4, 0.5) is 45.2 Å². The van der Waals surface area contributed by atoms with Crippen LogP contribution in [0, 0.1) is 0 Å². The zero-order valence-corrected chi connectivity index (χ0v) is 15.9. The molecule has 0 aliphatic heterocycles. The first-order chi connectivity index (χ1) is 12.9. The molecule has 0 aliphatic rings. The van der Waals surface area contributed by atoms with E-state index in [9.17, 15) is 47.9 Å². The third-order valence-electron chi connectivity index (χ3n) is 3.39. The number of rotatable bonds is 3. The molecule has 160 valence electrons. The zero-order valence-electron chi connectivity index (χ0n) is 13.5. The highest BCUT2D eigenvalue weighted by atomic mass is 79.9. The Morgan fingerprint density at radius 3 is 1.62 bits per heavy atom. The third-order valence-corrected chi connectivity index (χ3v) is 5.46. The molecule has 0 atom stereocenters. The van der Waals surface area contributed by atoms with Gasteiger partial charge in [-0.2, -0.15) is 39.5 Å². The molecule has 0 aromatic heterocycles. The Morgan fingerprint density at radius 1 is 0.724 bits per heavy atom. The van der Waals surface area contributed by atoms with E-state index in [-0.39, 0.29) is 24.3 Å². The fraction of sp³-hybridized carbons (Fsp3) is 0.200. The van der Waals surface area contributed by atoms with Crippen molar-refractivity contribution in [2.24, 2.45) is 0 Å². The molecule has 0 heterocycles. The second-order valence-corrected chi connectivity index (χ2v) is 8.08. The lowest BCUT2D eigenvalue weighted by Crippen LogP contribution is -2.17. The van der Waals surface area contributed by atoms with Crippen molar-refractivity contribution in [1.29, 1.82) is 0 Å². The number of alkyl halides is 9. The molecular weight excluding hydrogens is 509 g/mol. The molecule has 0 aliphatic carbocycles. The van der Waals surface area contributed by atoms with Crippen molar-refractivity contribution in [1.82, 2.24) is 0 Å². The fourth-order valence-corrected chi connectivity index (χ4v) is 3.65. The number of benzene rings is 2. The van der Waals surface area contributed by atoms with Crippen LogP contribution in [0.1, 0.15) is 16.7 Å². The normalized spacial score (nSPS) is 13.4. The summed E-state index contributed by atoms with van der Waals surface area (Å²) in [6.07, 6.45) is -15.4. The van der Waals surface area contributed by atoms with E-state index in [1.54, 1.807) is 0 Å². The van der Waals surface area contributed by atoms with E-state index >= 15 is 0 Å². The van der Waals surface area contributed by atoms with Gasteiger partial charge in [0.05, 0.1) is 27.3 Å². The van der Waals surface area contributed by atoms with Crippen molar-refractivity contribution < 1.29 is 47.9 Å². The van der Waals surface area contributed by atoms with Crippen LogP contribution >= 0.6 is 15.9 Å². The van der Waals surface area contributed by atoms with E-state index in [1.807, 2.05) is 0 Å². The number of nitrogens with one attached hydrogen (secondary N) is 1. The van der Waals surface area contributed by atoms with Crippen molar-refractivity contribution in [2.75, 3.05) is 4.72 Å². The average Bonchev–Trinajstić information content (AvgIpc) is 2.51. The highest BCUT2D eigenvalue weighted by molar-refractivity contribution is 9.10. The largest absolute Gasteiger partial charge is 0.417 e. The Balaban J connectivity index is 2.55. The number of sulfonamides is 1. The predicted molar refractivity (Wildman–Crippen MR) is 86.4 cm³/mol. The monoisotopic (exact) mass is 515 g/mol. The molecule has 0 saturated carbocycles. The Hall–Kier alpha value is -1.96. The number of halogens is 10. The van der Waals surface area contributed by atoms with Gasteiger partial charge in [0.15, 0.2) is 0 Å². The minimum absolute atomic E-state index is 0.0936. The van der Waals surface area contributed by atoms with E-state index in [0.717, 1.165) is 6.07 Å². The van der Waals surface area contributed by atoms with E-state index < -0.39 is 60.3 Å². The van der Waals surface area contributed by atoms with Crippen LogP contribution in [-0.4, -0.2) is 8.42 Å². The maximum atomic E-state index is 12.9. The van der Waals surface area contributed by atoms with E-state index in [4.69, 9.17) is 0 Å². The SMILES string of the molecule is O=S(=O)(Nc1cc(C(F)(F)F)cc(C(F)(F)F)c1)c1ccc(Br)c(C(F)(F)F)c1. The lowest BCUT2D eigenvalue weighted by Gasteiger charge is -2.16. The molecule has 0 unspecified atom stereocenters. The predicted octanol–water partition coefficient (Wildman–Crippen LogP) is 6.31. The van der Waals surface area contributed by atoms with Gasteiger partial charge in [0.1, 0.15) is 0 Å². The molecule has 2 aromatic rings. The molecule has 2 aromatic carbocycles. The summed E-state index contributed by atoms with van der Waals surface area (Å²) in [6, 6.07) is 1.57. The average molecular weight is 516 g/mol. The molecule has 0 radical (unpaired) electrons. The highest BCUT2D eigenvalue weighted by Gasteiger charge is 2.38. The van der Waals surface area contributed by atoms with Crippen LogP contribution in [0.5, 0.6) is 0 Å². The van der Waals surface area contributed by atoms with E-state index in [0.29, 0.717) is 6.07 Å². The molecule has 14 heteroatoms. The first-order valence-electron chi connectivity index (χ1n) is 7.10. The lowest BCUT2D eigenvalue weighted by atomic mass is 10.1. The lowest BCUT2D eigenvalue weighted by molar-refractivity contribution is -0.143. The molecular formula is C15H7BrF9NO2S. The van der Waals surface area contributed by atoms with Gasteiger partial charge in [-0.3, -0.25) is 4.72 Å². The summed E-state index contributed by atoms with van der Waals surface area (Å²) in [6.45, 7) is 0. The Morgan fingerprint density at radius 2 is 1.21 bits per heavy atom. The van der Waals surface area contributed by atoms with Gasteiger partial charge in [-0.1, -0.05) is 15.9 Å². The van der Waals surface area contributed by atoms with Crippen molar-refractivity contribution in [2.45, 2.75) is 23.4 Å². The Bertz CT molecular complexity index is 995. The van der Waals surface area contributed by atoms with Crippen molar-refractivity contribution in [3.05, 3.63) is 57.6 Å². The second-order valence-electron chi connectivity index (χ2n) is 5.54. The summed E-state index contributed by atoms with van der Waals surface area (Å²) in [4.78, 5) is -1.01. The minimum atomic E-state index is -5.23. The van der Waals surface area contributed by atoms with Crippen LogP contribution in [0.3, 0.4) is 0 Å².